The van der Waals surface area contributed by atoms with Gasteiger partial charge in [-0.2, -0.15) is 4.80 Å². The van der Waals surface area contributed by atoms with Crippen LogP contribution in [0.1, 0.15) is 0 Å². The van der Waals surface area contributed by atoms with Crippen molar-refractivity contribution in [2.75, 3.05) is 4.72 Å². The molecule has 0 aliphatic heterocycles. The third-order valence-corrected chi connectivity index (χ3v) is 3.80. The summed E-state index contributed by atoms with van der Waals surface area (Å²) >= 11 is 11.3. The molecule has 0 saturated heterocycles. The monoisotopic (exact) mass is 308 g/mol. The predicted octanol–water partition coefficient (Wildman–Crippen LogP) is 0.713. The largest absolute Gasteiger partial charge is 0.277 e. The maximum atomic E-state index is 11.9. The van der Waals surface area contributed by atoms with Crippen molar-refractivity contribution in [1.82, 2.24) is 25.2 Å². The summed E-state index contributed by atoms with van der Waals surface area (Å²) in [6.07, 6.45) is 1.08. The lowest BCUT2D eigenvalue weighted by atomic mass is 10.5. The Bertz CT molecular complexity index is 685. The number of pyridine rings is 1. The summed E-state index contributed by atoms with van der Waals surface area (Å²) < 4.78 is 25.9. The van der Waals surface area contributed by atoms with Gasteiger partial charge in [0.25, 0.3) is 16.0 Å². The molecule has 0 saturated carbocycles. The van der Waals surface area contributed by atoms with Crippen molar-refractivity contribution in [3.05, 3.63) is 22.4 Å². The van der Waals surface area contributed by atoms with Crippen molar-refractivity contribution in [2.24, 2.45) is 7.05 Å². The summed E-state index contributed by atoms with van der Waals surface area (Å²) in [6, 6.07) is 1.18. The Balaban J connectivity index is 2.33. The second-order valence-corrected chi connectivity index (χ2v) is 5.60. The van der Waals surface area contributed by atoms with Crippen LogP contribution in [0.25, 0.3) is 0 Å². The molecule has 0 aliphatic carbocycles. The molecule has 2 heterocycles. The number of rotatable bonds is 3. The van der Waals surface area contributed by atoms with Gasteiger partial charge in [-0.25, -0.2) is 18.1 Å². The molecule has 0 radical (unpaired) electrons. The van der Waals surface area contributed by atoms with Crippen molar-refractivity contribution >= 4 is 39.2 Å². The fourth-order valence-electron chi connectivity index (χ4n) is 1.05. The van der Waals surface area contributed by atoms with E-state index in [0.29, 0.717) is 0 Å². The van der Waals surface area contributed by atoms with Crippen molar-refractivity contribution < 1.29 is 8.42 Å². The molecule has 0 aliphatic rings. The van der Waals surface area contributed by atoms with Gasteiger partial charge in [0.15, 0.2) is 0 Å². The van der Waals surface area contributed by atoms with Gasteiger partial charge in [0.05, 0.1) is 12.1 Å². The smallest absolute Gasteiger partial charge is 0.244 e. The molecule has 2 rings (SSSR count). The van der Waals surface area contributed by atoms with E-state index < -0.39 is 10.0 Å². The number of hydrogen-bond donors (Lipinski definition) is 1. The minimum Gasteiger partial charge on any atom is -0.244 e. The lowest BCUT2D eigenvalue weighted by molar-refractivity contribution is 0.600. The third-order valence-electron chi connectivity index (χ3n) is 1.82. The van der Waals surface area contributed by atoms with Gasteiger partial charge < -0.3 is 0 Å². The summed E-state index contributed by atoms with van der Waals surface area (Å²) in [5.41, 5.74) is 0. The van der Waals surface area contributed by atoms with E-state index in [2.05, 4.69) is 25.1 Å². The lowest BCUT2D eigenvalue weighted by Crippen LogP contribution is -2.14. The Hall–Kier alpha value is -1.45. The van der Waals surface area contributed by atoms with Gasteiger partial charge in [-0.1, -0.05) is 28.3 Å². The number of aromatic nitrogens is 5. The number of anilines is 1. The third kappa shape index (κ3) is 2.68. The molecule has 0 atom stereocenters. The Morgan fingerprint density at radius 3 is 2.67 bits per heavy atom. The molecule has 2 aromatic rings. The van der Waals surface area contributed by atoms with E-state index >= 15 is 0 Å². The van der Waals surface area contributed by atoms with Gasteiger partial charge in [-0.3, -0.25) is 0 Å². The molecule has 0 unspecified atom stereocenters. The zero-order valence-corrected chi connectivity index (χ0v) is 11.2. The molecular formula is C7H6Cl2N6O2S. The van der Waals surface area contributed by atoms with Crippen LogP contribution in [-0.4, -0.2) is 33.6 Å². The number of nitrogens with one attached hydrogen (secondary N) is 1. The summed E-state index contributed by atoms with van der Waals surface area (Å²) in [5.74, 6) is -0.149. The molecule has 1 N–H and O–H groups in total. The molecule has 0 bridgehead atoms. The second-order valence-electron chi connectivity index (χ2n) is 3.15. The number of hydrogen-bond acceptors (Lipinski definition) is 6. The highest BCUT2D eigenvalue weighted by Gasteiger charge is 2.18. The Morgan fingerprint density at radius 2 is 2.11 bits per heavy atom. The van der Waals surface area contributed by atoms with Gasteiger partial charge in [0.1, 0.15) is 10.0 Å². The predicted molar refractivity (Wildman–Crippen MR) is 63.9 cm³/mol. The molecule has 0 amide bonds. The SMILES string of the molecule is Cn1nnc(NS(=O)(=O)c2cnc(Cl)c(Cl)c2)n1. The maximum absolute atomic E-state index is 11.9. The molecule has 11 heteroatoms. The topological polar surface area (TPSA) is 103 Å². The fourth-order valence-corrected chi connectivity index (χ4v) is 2.29. The van der Waals surface area contributed by atoms with Crippen LogP contribution in [-0.2, 0) is 17.1 Å². The quantitative estimate of drug-likeness (QED) is 0.838. The number of nitrogens with zero attached hydrogens (tertiary/aromatic N) is 5. The normalized spacial score (nSPS) is 11.5. The molecule has 0 fully saturated rings. The molecule has 96 valence electrons. The van der Waals surface area contributed by atoms with Gasteiger partial charge >= 0.3 is 0 Å². The van der Waals surface area contributed by atoms with E-state index in [1.165, 1.54) is 13.1 Å². The maximum Gasteiger partial charge on any atom is 0.277 e. The number of halogens is 2. The van der Waals surface area contributed by atoms with E-state index in [-0.39, 0.29) is 21.0 Å². The molecule has 8 nitrogen and oxygen atoms in total. The average molecular weight is 309 g/mol. The Morgan fingerprint density at radius 1 is 1.39 bits per heavy atom. The second kappa shape index (κ2) is 4.67. The van der Waals surface area contributed by atoms with Gasteiger partial charge in [0, 0.05) is 6.20 Å². The van der Waals surface area contributed by atoms with Crippen LogP contribution in [0.2, 0.25) is 10.2 Å². The highest BCUT2D eigenvalue weighted by molar-refractivity contribution is 7.92. The zero-order valence-electron chi connectivity index (χ0n) is 8.87. The minimum absolute atomic E-state index is 0.0215. The van der Waals surface area contributed by atoms with Crippen LogP contribution in [0.3, 0.4) is 0 Å². The van der Waals surface area contributed by atoms with Crippen molar-refractivity contribution in [1.29, 1.82) is 0 Å². The first-order chi connectivity index (χ1) is 8.38. The van der Waals surface area contributed by atoms with Gasteiger partial charge in [0.2, 0.25) is 0 Å². The zero-order chi connectivity index (χ0) is 13.3. The minimum atomic E-state index is -3.87. The summed E-state index contributed by atoms with van der Waals surface area (Å²) in [4.78, 5) is 4.61. The van der Waals surface area contributed by atoms with E-state index in [1.54, 1.807) is 0 Å². The fraction of sp³-hybridized carbons (Fsp3) is 0.143. The van der Waals surface area contributed by atoms with Crippen LogP contribution in [0.15, 0.2) is 17.2 Å². The number of tetrazole rings is 1. The molecule has 0 aromatic carbocycles. The summed E-state index contributed by atoms with van der Waals surface area (Å²) in [6.45, 7) is 0. The number of aryl methyl sites for hydroxylation is 1. The van der Waals surface area contributed by atoms with E-state index in [1.807, 2.05) is 0 Å². The first kappa shape index (κ1) is 13.0. The molecule has 18 heavy (non-hydrogen) atoms. The summed E-state index contributed by atoms with van der Waals surface area (Å²) in [5, 5.41) is 10.7. The van der Waals surface area contributed by atoms with Crippen LogP contribution in [0.4, 0.5) is 5.95 Å². The van der Waals surface area contributed by atoms with Crippen LogP contribution < -0.4 is 4.72 Å². The molecule has 0 spiro atoms. The highest BCUT2D eigenvalue weighted by Crippen LogP contribution is 2.22. The van der Waals surface area contributed by atoms with Crippen molar-refractivity contribution in [3.63, 3.8) is 0 Å². The van der Waals surface area contributed by atoms with Crippen LogP contribution in [0.5, 0.6) is 0 Å². The molecule has 2 aromatic heterocycles. The van der Waals surface area contributed by atoms with Crippen LogP contribution >= 0.6 is 23.2 Å². The summed E-state index contributed by atoms with van der Waals surface area (Å²) in [7, 11) is -2.37. The first-order valence-electron chi connectivity index (χ1n) is 4.46. The average Bonchev–Trinajstić information content (AvgIpc) is 2.67. The van der Waals surface area contributed by atoms with E-state index in [0.717, 1.165) is 11.0 Å². The van der Waals surface area contributed by atoms with Crippen LogP contribution in [0, 0.1) is 0 Å². The highest BCUT2D eigenvalue weighted by atomic mass is 35.5. The molecular weight excluding hydrogens is 303 g/mol. The van der Waals surface area contributed by atoms with Gasteiger partial charge in [-0.15, -0.1) is 5.10 Å². The Kier molecular flexibility index (Phi) is 3.37. The first-order valence-corrected chi connectivity index (χ1v) is 6.70. The standard InChI is InChI=1S/C7H6Cl2N6O2S/c1-15-12-7(11-14-15)13-18(16,17)4-2-5(8)6(9)10-3-4/h2-3H,1H3,(H,12,13). The Labute approximate surface area is 112 Å². The van der Waals surface area contributed by atoms with E-state index in [9.17, 15) is 8.42 Å². The van der Waals surface area contributed by atoms with Crippen molar-refractivity contribution in [2.45, 2.75) is 4.90 Å². The van der Waals surface area contributed by atoms with Crippen molar-refractivity contribution in [3.8, 4) is 0 Å². The van der Waals surface area contributed by atoms with E-state index in [4.69, 9.17) is 23.2 Å². The number of sulfonamides is 1. The van der Waals surface area contributed by atoms with Gasteiger partial charge in [-0.05, 0) is 11.3 Å². The lowest BCUT2D eigenvalue weighted by Gasteiger charge is -2.04.